The molecule has 0 amide bonds. The highest BCUT2D eigenvalue weighted by molar-refractivity contribution is 5.89. The molecule has 0 atom stereocenters. The van der Waals surface area contributed by atoms with Crippen molar-refractivity contribution in [2.24, 2.45) is 0 Å². The van der Waals surface area contributed by atoms with Crippen LogP contribution in [0.3, 0.4) is 0 Å². The Kier molecular flexibility index (Phi) is 6.42. The number of hydrogen-bond acceptors (Lipinski definition) is 4. The van der Waals surface area contributed by atoms with Gasteiger partial charge in [-0.2, -0.15) is 0 Å². The summed E-state index contributed by atoms with van der Waals surface area (Å²) in [6.45, 7) is 2.75. The molecule has 1 aromatic heterocycles. The lowest BCUT2D eigenvalue weighted by molar-refractivity contribution is 0.0600. The zero-order valence-electron chi connectivity index (χ0n) is 15.9. The molecule has 0 unspecified atom stereocenters. The SMILES string of the molecule is CCCCc1cc(OCCc2ccc(C(=O)OC)cc2)c2ccccc2n1. The number of nitrogens with zero attached hydrogens (tertiary/aromatic N) is 1. The number of pyridine rings is 1. The third-order valence-corrected chi connectivity index (χ3v) is 4.54. The minimum atomic E-state index is -0.319. The number of rotatable bonds is 8. The first kappa shape index (κ1) is 18.9. The van der Waals surface area contributed by atoms with E-state index in [1.54, 1.807) is 12.1 Å². The number of para-hydroxylation sites is 1. The normalized spacial score (nSPS) is 10.7. The maximum absolute atomic E-state index is 11.5. The van der Waals surface area contributed by atoms with Crippen molar-refractivity contribution in [1.29, 1.82) is 0 Å². The molecule has 4 nitrogen and oxygen atoms in total. The average molecular weight is 363 g/mol. The third-order valence-electron chi connectivity index (χ3n) is 4.54. The number of ether oxygens (including phenoxy) is 2. The second-order valence-electron chi connectivity index (χ2n) is 6.52. The van der Waals surface area contributed by atoms with Gasteiger partial charge in [0.2, 0.25) is 0 Å². The van der Waals surface area contributed by atoms with E-state index in [0.717, 1.165) is 53.6 Å². The van der Waals surface area contributed by atoms with Crippen molar-refractivity contribution in [3.63, 3.8) is 0 Å². The van der Waals surface area contributed by atoms with E-state index in [0.29, 0.717) is 12.2 Å². The number of fused-ring (bicyclic) bond motifs is 1. The van der Waals surface area contributed by atoms with Gasteiger partial charge in [-0.3, -0.25) is 4.98 Å². The quantitative estimate of drug-likeness (QED) is 0.529. The molecule has 3 aromatic rings. The van der Waals surface area contributed by atoms with Gasteiger partial charge < -0.3 is 9.47 Å². The van der Waals surface area contributed by atoms with E-state index in [1.165, 1.54) is 7.11 Å². The van der Waals surface area contributed by atoms with Gasteiger partial charge in [0.05, 0.1) is 24.8 Å². The van der Waals surface area contributed by atoms with Gasteiger partial charge in [-0.05, 0) is 42.7 Å². The van der Waals surface area contributed by atoms with Crippen LogP contribution in [0.1, 0.15) is 41.4 Å². The molecule has 0 aliphatic rings. The highest BCUT2D eigenvalue weighted by Crippen LogP contribution is 2.26. The fourth-order valence-electron chi connectivity index (χ4n) is 3.01. The minimum Gasteiger partial charge on any atom is -0.492 e. The molecule has 0 saturated carbocycles. The molecule has 0 fully saturated rings. The largest absolute Gasteiger partial charge is 0.492 e. The predicted molar refractivity (Wildman–Crippen MR) is 107 cm³/mol. The molecule has 0 aliphatic heterocycles. The lowest BCUT2D eigenvalue weighted by atomic mass is 10.1. The molecule has 0 radical (unpaired) electrons. The number of hydrogen-bond donors (Lipinski definition) is 0. The van der Waals surface area contributed by atoms with Gasteiger partial charge in [0, 0.05) is 23.6 Å². The molecule has 27 heavy (non-hydrogen) atoms. The van der Waals surface area contributed by atoms with Crippen LogP contribution >= 0.6 is 0 Å². The topological polar surface area (TPSA) is 48.4 Å². The second-order valence-corrected chi connectivity index (χ2v) is 6.52. The van der Waals surface area contributed by atoms with Gasteiger partial charge in [0.15, 0.2) is 0 Å². The van der Waals surface area contributed by atoms with Crippen molar-refractivity contribution in [3.8, 4) is 5.75 Å². The van der Waals surface area contributed by atoms with Gasteiger partial charge in [-0.1, -0.05) is 37.6 Å². The van der Waals surface area contributed by atoms with E-state index < -0.39 is 0 Å². The maximum atomic E-state index is 11.5. The molecule has 0 bridgehead atoms. The summed E-state index contributed by atoms with van der Waals surface area (Å²) in [5.74, 6) is 0.568. The Balaban J connectivity index is 1.69. The van der Waals surface area contributed by atoms with Crippen LogP contribution in [0.4, 0.5) is 0 Å². The molecular weight excluding hydrogens is 338 g/mol. The van der Waals surface area contributed by atoms with E-state index in [-0.39, 0.29) is 5.97 Å². The number of aromatic nitrogens is 1. The maximum Gasteiger partial charge on any atom is 0.337 e. The number of methoxy groups -OCH3 is 1. The van der Waals surface area contributed by atoms with Crippen LogP contribution < -0.4 is 4.74 Å². The molecule has 2 aromatic carbocycles. The summed E-state index contributed by atoms with van der Waals surface area (Å²) in [6.07, 6.45) is 4.00. The standard InChI is InChI=1S/C23H25NO3/c1-3-4-7-19-16-22(20-8-5-6-9-21(20)24-19)27-15-14-17-10-12-18(13-11-17)23(25)26-2/h5-6,8-13,16H,3-4,7,14-15H2,1-2H3. The number of esters is 1. The monoisotopic (exact) mass is 363 g/mol. The summed E-state index contributed by atoms with van der Waals surface area (Å²) in [5.41, 5.74) is 3.73. The van der Waals surface area contributed by atoms with Crippen LogP contribution in [0.2, 0.25) is 0 Å². The molecule has 140 valence electrons. The minimum absolute atomic E-state index is 0.319. The lowest BCUT2D eigenvalue weighted by Crippen LogP contribution is -2.04. The lowest BCUT2D eigenvalue weighted by Gasteiger charge is -2.12. The zero-order chi connectivity index (χ0) is 19.1. The zero-order valence-corrected chi connectivity index (χ0v) is 15.9. The molecule has 0 spiro atoms. The molecule has 0 N–H and O–H groups in total. The Morgan fingerprint density at radius 2 is 1.81 bits per heavy atom. The summed E-state index contributed by atoms with van der Waals surface area (Å²) in [4.78, 5) is 16.3. The molecular formula is C23H25NO3. The van der Waals surface area contributed by atoms with Crippen LogP contribution in [-0.2, 0) is 17.6 Å². The fraction of sp³-hybridized carbons (Fsp3) is 0.304. The number of benzene rings is 2. The van der Waals surface area contributed by atoms with E-state index in [1.807, 2.05) is 36.4 Å². The van der Waals surface area contributed by atoms with Crippen molar-refractivity contribution >= 4 is 16.9 Å². The Bertz CT molecular complexity index is 903. The Morgan fingerprint density at radius 3 is 2.56 bits per heavy atom. The van der Waals surface area contributed by atoms with Crippen LogP contribution in [0, 0.1) is 0 Å². The molecule has 4 heteroatoms. The summed E-state index contributed by atoms with van der Waals surface area (Å²) in [7, 11) is 1.39. The third kappa shape index (κ3) is 4.85. The average Bonchev–Trinajstić information content (AvgIpc) is 2.72. The fourth-order valence-corrected chi connectivity index (χ4v) is 3.01. The highest BCUT2D eigenvalue weighted by Gasteiger charge is 2.08. The smallest absolute Gasteiger partial charge is 0.337 e. The van der Waals surface area contributed by atoms with Gasteiger partial charge in [0.1, 0.15) is 5.75 Å². The molecule has 0 aliphatic carbocycles. The van der Waals surface area contributed by atoms with Crippen LogP contribution in [0.25, 0.3) is 10.9 Å². The number of aryl methyl sites for hydroxylation is 1. The summed E-state index contributed by atoms with van der Waals surface area (Å²) >= 11 is 0. The van der Waals surface area contributed by atoms with E-state index >= 15 is 0 Å². The first-order valence-corrected chi connectivity index (χ1v) is 9.40. The first-order chi connectivity index (χ1) is 13.2. The summed E-state index contributed by atoms with van der Waals surface area (Å²) in [5, 5.41) is 1.04. The van der Waals surface area contributed by atoms with E-state index in [2.05, 4.69) is 13.0 Å². The van der Waals surface area contributed by atoms with E-state index in [4.69, 9.17) is 14.5 Å². The number of unbranched alkanes of at least 4 members (excludes halogenated alkanes) is 1. The van der Waals surface area contributed by atoms with Crippen LogP contribution in [-0.4, -0.2) is 24.7 Å². The first-order valence-electron chi connectivity index (χ1n) is 9.40. The van der Waals surface area contributed by atoms with E-state index in [9.17, 15) is 4.79 Å². The predicted octanol–water partition coefficient (Wildman–Crippen LogP) is 4.99. The summed E-state index contributed by atoms with van der Waals surface area (Å²) in [6, 6.07) is 17.6. The molecule has 1 heterocycles. The Hall–Kier alpha value is -2.88. The van der Waals surface area contributed by atoms with Gasteiger partial charge >= 0.3 is 5.97 Å². The van der Waals surface area contributed by atoms with Crippen molar-refractivity contribution < 1.29 is 14.3 Å². The number of carbonyl (C=O) groups is 1. The van der Waals surface area contributed by atoms with Crippen LogP contribution in [0.5, 0.6) is 5.75 Å². The highest BCUT2D eigenvalue weighted by atomic mass is 16.5. The van der Waals surface area contributed by atoms with Crippen molar-refractivity contribution in [1.82, 2.24) is 4.98 Å². The molecule has 3 rings (SSSR count). The Labute approximate surface area is 160 Å². The molecule has 0 saturated heterocycles. The number of carbonyl (C=O) groups excluding carboxylic acids is 1. The van der Waals surface area contributed by atoms with Crippen molar-refractivity contribution in [3.05, 3.63) is 71.4 Å². The van der Waals surface area contributed by atoms with Crippen LogP contribution in [0.15, 0.2) is 54.6 Å². The Morgan fingerprint density at radius 1 is 1.04 bits per heavy atom. The van der Waals surface area contributed by atoms with Crippen molar-refractivity contribution in [2.45, 2.75) is 32.6 Å². The van der Waals surface area contributed by atoms with Gasteiger partial charge in [0.25, 0.3) is 0 Å². The van der Waals surface area contributed by atoms with Gasteiger partial charge in [-0.25, -0.2) is 4.79 Å². The van der Waals surface area contributed by atoms with Crippen molar-refractivity contribution in [2.75, 3.05) is 13.7 Å². The van der Waals surface area contributed by atoms with Gasteiger partial charge in [-0.15, -0.1) is 0 Å². The summed E-state index contributed by atoms with van der Waals surface area (Å²) < 4.78 is 10.8. The second kappa shape index (κ2) is 9.17.